The van der Waals surface area contributed by atoms with Crippen LogP contribution in [-0.4, -0.2) is 16.1 Å². The highest BCUT2D eigenvalue weighted by molar-refractivity contribution is 6.03. The van der Waals surface area contributed by atoms with Gasteiger partial charge in [0, 0.05) is 5.56 Å². The van der Waals surface area contributed by atoms with E-state index < -0.39 is 0 Å². The average molecular weight is 373 g/mol. The van der Waals surface area contributed by atoms with Gasteiger partial charge in [-0.3, -0.25) is 10.1 Å². The molecule has 0 atom stereocenters. The normalized spacial score (nSPS) is 10.6. The van der Waals surface area contributed by atoms with Crippen LogP contribution in [0, 0.1) is 5.82 Å². The molecule has 1 N–H and O–H groups in total. The number of hydrogen-bond acceptors (Lipinski definition) is 4. The Hall–Kier alpha value is -3.80. The van der Waals surface area contributed by atoms with Crippen LogP contribution >= 0.6 is 0 Å². The van der Waals surface area contributed by atoms with E-state index in [1.54, 1.807) is 24.3 Å². The maximum Gasteiger partial charge on any atom is 0.322 e. The number of carbonyl (C=O) groups is 1. The molecular formula is C22H16FN3O2. The molecule has 28 heavy (non-hydrogen) atoms. The summed E-state index contributed by atoms with van der Waals surface area (Å²) in [5, 5.41) is 10.3. The minimum absolute atomic E-state index is 0.0225. The molecule has 0 aliphatic rings. The second-order valence-electron chi connectivity index (χ2n) is 6.20. The summed E-state index contributed by atoms with van der Waals surface area (Å²) in [6.07, 6.45) is 0.356. The fourth-order valence-electron chi connectivity index (χ4n) is 2.77. The smallest absolute Gasteiger partial charge is 0.322 e. The van der Waals surface area contributed by atoms with Crippen molar-refractivity contribution in [2.24, 2.45) is 0 Å². The molecule has 0 saturated carbocycles. The number of anilines is 1. The quantitative estimate of drug-likeness (QED) is 0.550. The lowest BCUT2D eigenvalue weighted by Crippen LogP contribution is -2.11. The average Bonchev–Trinajstić information content (AvgIpc) is 3.17. The Balaban J connectivity index is 1.41. The molecular weight excluding hydrogens is 357 g/mol. The van der Waals surface area contributed by atoms with E-state index in [0.29, 0.717) is 17.9 Å². The first-order chi connectivity index (χ1) is 13.7. The second kappa shape index (κ2) is 7.84. The van der Waals surface area contributed by atoms with Crippen LogP contribution in [0.3, 0.4) is 0 Å². The van der Waals surface area contributed by atoms with E-state index >= 15 is 0 Å². The number of rotatable bonds is 5. The number of aromatic nitrogens is 2. The summed E-state index contributed by atoms with van der Waals surface area (Å²) in [4.78, 5) is 12.4. The number of nitrogens with one attached hydrogen (secondary N) is 1. The SMILES string of the molecule is O=C(Nc1nnc(Cc2ccc(F)cc2)o1)c1ccc(-c2ccccc2)cc1. The van der Waals surface area contributed by atoms with E-state index in [2.05, 4.69) is 15.5 Å². The fraction of sp³-hybridized carbons (Fsp3) is 0.0455. The number of carbonyl (C=O) groups excluding carboxylic acids is 1. The Labute approximate surface area is 160 Å². The van der Waals surface area contributed by atoms with Crippen LogP contribution in [0.1, 0.15) is 21.8 Å². The van der Waals surface area contributed by atoms with E-state index in [9.17, 15) is 9.18 Å². The summed E-state index contributed by atoms with van der Waals surface area (Å²) >= 11 is 0. The van der Waals surface area contributed by atoms with Crippen molar-refractivity contribution >= 4 is 11.9 Å². The van der Waals surface area contributed by atoms with Gasteiger partial charge in [-0.1, -0.05) is 59.7 Å². The molecule has 0 saturated heterocycles. The Morgan fingerprint density at radius 1 is 0.857 bits per heavy atom. The highest BCUT2D eigenvalue weighted by Crippen LogP contribution is 2.20. The third-order valence-electron chi connectivity index (χ3n) is 4.21. The number of amides is 1. The van der Waals surface area contributed by atoms with Crippen molar-refractivity contribution in [1.29, 1.82) is 0 Å². The van der Waals surface area contributed by atoms with E-state index in [-0.39, 0.29) is 17.7 Å². The summed E-state index contributed by atoms with van der Waals surface area (Å²) in [6, 6.07) is 23.2. The van der Waals surface area contributed by atoms with Gasteiger partial charge in [0.1, 0.15) is 5.82 Å². The number of benzene rings is 3. The molecule has 1 amide bonds. The fourth-order valence-corrected chi connectivity index (χ4v) is 2.77. The minimum Gasteiger partial charge on any atom is -0.407 e. The lowest BCUT2D eigenvalue weighted by atomic mass is 10.0. The molecule has 6 heteroatoms. The zero-order chi connectivity index (χ0) is 19.3. The van der Waals surface area contributed by atoms with Gasteiger partial charge in [-0.05, 0) is 41.0 Å². The minimum atomic E-state index is -0.336. The lowest BCUT2D eigenvalue weighted by Gasteiger charge is -2.04. The van der Waals surface area contributed by atoms with Gasteiger partial charge in [-0.15, -0.1) is 5.10 Å². The van der Waals surface area contributed by atoms with Crippen molar-refractivity contribution in [3.63, 3.8) is 0 Å². The first-order valence-corrected chi connectivity index (χ1v) is 8.71. The highest BCUT2D eigenvalue weighted by atomic mass is 19.1. The molecule has 5 nitrogen and oxygen atoms in total. The van der Waals surface area contributed by atoms with Gasteiger partial charge in [0.25, 0.3) is 5.91 Å². The van der Waals surface area contributed by atoms with Crippen molar-refractivity contribution in [2.75, 3.05) is 5.32 Å². The molecule has 0 bridgehead atoms. The number of nitrogens with zero attached hydrogens (tertiary/aromatic N) is 2. The van der Waals surface area contributed by atoms with Crippen molar-refractivity contribution in [3.8, 4) is 11.1 Å². The lowest BCUT2D eigenvalue weighted by molar-refractivity contribution is 0.102. The molecule has 0 fully saturated rings. The Kier molecular flexibility index (Phi) is 4.93. The third-order valence-corrected chi connectivity index (χ3v) is 4.21. The first kappa shape index (κ1) is 17.6. The molecule has 0 aliphatic carbocycles. The van der Waals surface area contributed by atoms with Gasteiger partial charge >= 0.3 is 6.01 Å². The van der Waals surface area contributed by atoms with Crippen LogP contribution in [0.4, 0.5) is 10.4 Å². The third kappa shape index (κ3) is 4.12. The van der Waals surface area contributed by atoms with E-state index in [0.717, 1.165) is 16.7 Å². The molecule has 0 unspecified atom stereocenters. The van der Waals surface area contributed by atoms with Gasteiger partial charge in [-0.2, -0.15) is 0 Å². The van der Waals surface area contributed by atoms with Gasteiger partial charge in [0.15, 0.2) is 0 Å². The first-order valence-electron chi connectivity index (χ1n) is 8.71. The Morgan fingerprint density at radius 3 is 2.25 bits per heavy atom. The van der Waals surface area contributed by atoms with Crippen LogP contribution in [0.2, 0.25) is 0 Å². The molecule has 138 valence electrons. The summed E-state index contributed by atoms with van der Waals surface area (Å²) in [5.41, 5.74) is 3.42. The zero-order valence-electron chi connectivity index (χ0n) is 14.8. The zero-order valence-corrected chi connectivity index (χ0v) is 14.8. The predicted octanol–water partition coefficient (Wildman–Crippen LogP) is 4.72. The standard InChI is InChI=1S/C22H16FN3O2/c23-19-12-6-15(7-13-19)14-20-25-26-22(28-20)24-21(27)18-10-8-17(9-11-18)16-4-2-1-3-5-16/h1-13H,14H2,(H,24,26,27). The Bertz CT molecular complexity index is 1070. The summed E-state index contributed by atoms with van der Waals surface area (Å²) in [5.74, 6) is -0.307. The predicted molar refractivity (Wildman–Crippen MR) is 103 cm³/mol. The highest BCUT2D eigenvalue weighted by Gasteiger charge is 2.12. The summed E-state index contributed by atoms with van der Waals surface area (Å²) in [6.45, 7) is 0. The topological polar surface area (TPSA) is 68.0 Å². The molecule has 0 aliphatic heterocycles. The molecule has 1 heterocycles. The van der Waals surface area contributed by atoms with Crippen molar-refractivity contribution in [3.05, 3.63) is 102 Å². The molecule has 0 radical (unpaired) electrons. The number of halogens is 1. The van der Waals surface area contributed by atoms with Crippen LogP contribution in [0.5, 0.6) is 0 Å². The molecule has 4 rings (SSSR count). The molecule has 4 aromatic rings. The monoisotopic (exact) mass is 373 g/mol. The van der Waals surface area contributed by atoms with Crippen molar-refractivity contribution in [1.82, 2.24) is 10.2 Å². The van der Waals surface area contributed by atoms with Crippen molar-refractivity contribution < 1.29 is 13.6 Å². The van der Waals surface area contributed by atoms with E-state index in [4.69, 9.17) is 4.42 Å². The van der Waals surface area contributed by atoms with Gasteiger partial charge < -0.3 is 4.42 Å². The van der Waals surface area contributed by atoms with Gasteiger partial charge in [0.2, 0.25) is 5.89 Å². The van der Waals surface area contributed by atoms with Crippen LogP contribution < -0.4 is 5.32 Å². The molecule has 0 spiro atoms. The second-order valence-corrected chi connectivity index (χ2v) is 6.20. The molecule has 3 aromatic carbocycles. The summed E-state index contributed by atoms with van der Waals surface area (Å²) in [7, 11) is 0. The van der Waals surface area contributed by atoms with Crippen LogP contribution in [0.25, 0.3) is 11.1 Å². The summed E-state index contributed by atoms with van der Waals surface area (Å²) < 4.78 is 18.4. The number of hydrogen-bond donors (Lipinski definition) is 1. The molecule has 1 aromatic heterocycles. The largest absolute Gasteiger partial charge is 0.407 e. The maximum absolute atomic E-state index is 13.0. The Morgan fingerprint density at radius 2 is 1.54 bits per heavy atom. The van der Waals surface area contributed by atoms with Crippen LogP contribution in [-0.2, 0) is 6.42 Å². The van der Waals surface area contributed by atoms with E-state index in [1.165, 1.54) is 12.1 Å². The van der Waals surface area contributed by atoms with Crippen LogP contribution in [0.15, 0.2) is 83.3 Å². The van der Waals surface area contributed by atoms with Gasteiger partial charge in [-0.25, -0.2) is 4.39 Å². The van der Waals surface area contributed by atoms with Crippen molar-refractivity contribution in [2.45, 2.75) is 6.42 Å². The maximum atomic E-state index is 13.0. The van der Waals surface area contributed by atoms with Gasteiger partial charge in [0.05, 0.1) is 6.42 Å². The van der Waals surface area contributed by atoms with E-state index in [1.807, 2.05) is 42.5 Å².